The first-order valence-electron chi connectivity index (χ1n) is 8.83. The van der Waals surface area contributed by atoms with Crippen molar-refractivity contribution in [2.24, 2.45) is 0 Å². The topological polar surface area (TPSA) is 72.2 Å². The molecule has 4 rings (SSSR count). The summed E-state index contributed by atoms with van der Waals surface area (Å²) in [6.07, 6.45) is 1.63. The maximum Gasteiger partial charge on any atom is 0.261 e. The van der Waals surface area contributed by atoms with Crippen molar-refractivity contribution in [3.63, 3.8) is 0 Å². The van der Waals surface area contributed by atoms with Crippen molar-refractivity contribution in [2.75, 3.05) is 4.72 Å². The van der Waals surface area contributed by atoms with E-state index in [2.05, 4.69) is 25.6 Å². The van der Waals surface area contributed by atoms with Gasteiger partial charge in [0, 0.05) is 21.3 Å². The van der Waals surface area contributed by atoms with Gasteiger partial charge in [-0.15, -0.1) is 0 Å². The van der Waals surface area contributed by atoms with Gasteiger partial charge in [0.25, 0.3) is 10.0 Å². The minimum Gasteiger partial charge on any atom is -0.444 e. The number of oxazole rings is 1. The predicted octanol–water partition coefficient (Wildman–Crippen LogP) is 5.88. The number of nitrogens with one attached hydrogen (secondary N) is 1. The van der Waals surface area contributed by atoms with Gasteiger partial charge in [-0.25, -0.2) is 13.4 Å². The molecule has 0 saturated carbocycles. The smallest absolute Gasteiger partial charge is 0.261 e. The molecule has 7 heteroatoms. The monoisotopic (exact) mass is 468 g/mol. The molecule has 0 amide bonds. The van der Waals surface area contributed by atoms with Gasteiger partial charge in [-0.2, -0.15) is 0 Å². The minimum atomic E-state index is -3.65. The Labute approximate surface area is 177 Å². The van der Waals surface area contributed by atoms with Gasteiger partial charge in [0.05, 0.1) is 4.90 Å². The summed E-state index contributed by atoms with van der Waals surface area (Å²) in [4.78, 5) is 4.76. The van der Waals surface area contributed by atoms with E-state index in [9.17, 15) is 8.42 Å². The Morgan fingerprint density at radius 3 is 2.31 bits per heavy atom. The highest BCUT2D eigenvalue weighted by Gasteiger charge is 2.15. The van der Waals surface area contributed by atoms with Gasteiger partial charge in [0.2, 0.25) is 5.89 Å². The Balaban J connectivity index is 1.54. The number of rotatable bonds is 5. The highest BCUT2D eigenvalue weighted by atomic mass is 79.9. The van der Waals surface area contributed by atoms with E-state index in [-0.39, 0.29) is 4.90 Å². The molecule has 0 unspecified atom stereocenters. The summed E-state index contributed by atoms with van der Waals surface area (Å²) in [5.41, 5.74) is 4.11. The first kappa shape index (κ1) is 19.4. The Kier molecular flexibility index (Phi) is 5.25. The van der Waals surface area contributed by atoms with Gasteiger partial charge in [0.15, 0.2) is 0 Å². The Morgan fingerprint density at radius 2 is 1.62 bits per heavy atom. The molecule has 0 bridgehead atoms. The second kappa shape index (κ2) is 7.85. The van der Waals surface area contributed by atoms with Gasteiger partial charge in [0.1, 0.15) is 12.0 Å². The normalized spacial score (nSPS) is 11.4. The van der Waals surface area contributed by atoms with Crippen molar-refractivity contribution in [3.05, 3.63) is 89.1 Å². The van der Waals surface area contributed by atoms with Crippen LogP contribution in [0.4, 0.5) is 5.69 Å². The van der Waals surface area contributed by atoms with Crippen molar-refractivity contribution in [1.82, 2.24) is 4.98 Å². The van der Waals surface area contributed by atoms with E-state index in [0.717, 1.165) is 26.9 Å². The summed E-state index contributed by atoms with van der Waals surface area (Å²) in [6, 6.07) is 21.3. The molecule has 4 aromatic rings. The Morgan fingerprint density at radius 1 is 0.931 bits per heavy atom. The number of aryl methyl sites for hydroxylation is 1. The van der Waals surface area contributed by atoms with Crippen LogP contribution in [0.3, 0.4) is 0 Å². The first-order valence-corrected chi connectivity index (χ1v) is 11.1. The van der Waals surface area contributed by atoms with Crippen LogP contribution < -0.4 is 4.72 Å². The number of halogens is 1. The molecule has 29 heavy (non-hydrogen) atoms. The van der Waals surface area contributed by atoms with E-state index >= 15 is 0 Å². The second-order valence-electron chi connectivity index (χ2n) is 6.49. The molecule has 0 saturated heterocycles. The number of hydrogen-bond acceptors (Lipinski definition) is 4. The SMILES string of the molecule is Cc1ccccc1-c1coc(-c2ccc(NS(=O)(=O)c3ccc(Br)cc3)cc2)n1. The fourth-order valence-corrected chi connectivity index (χ4v) is 4.22. The van der Waals surface area contributed by atoms with E-state index in [1.54, 1.807) is 54.8 Å². The van der Waals surface area contributed by atoms with Crippen LogP contribution in [0.2, 0.25) is 0 Å². The molecule has 0 aliphatic heterocycles. The molecule has 0 radical (unpaired) electrons. The van der Waals surface area contributed by atoms with Crippen molar-refractivity contribution >= 4 is 31.6 Å². The van der Waals surface area contributed by atoms with Crippen LogP contribution in [0.15, 0.2) is 92.8 Å². The standard InChI is InChI=1S/C22H17BrN2O3S/c1-15-4-2-3-5-20(15)21-14-28-22(24-21)16-6-10-18(11-7-16)25-29(26,27)19-12-8-17(23)9-13-19/h2-14,25H,1H3. The fraction of sp³-hybridized carbons (Fsp3) is 0.0455. The maximum atomic E-state index is 12.5. The molecule has 0 fully saturated rings. The average Bonchev–Trinajstić information content (AvgIpc) is 3.19. The molecule has 3 aromatic carbocycles. The highest BCUT2D eigenvalue weighted by molar-refractivity contribution is 9.10. The van der Waals surface area contributed by atoms with Crippen molar-refractivity contribution in [3.8, 4) is 22.7 Å². The first-order chi connectivity index (χ1) is 13.9. The lowest BCUT2D eigenvalue weighted by Gasteiger charge is -2.08. The molecular weight excluding hydrogens is 452 g/mol. The molecule has 1 N–H and O–H groups in total. The molecule has 146 valence electrons. The zero-order chi connectivity index (χ0) is 20.4. The quantitative estimate of drug-likeness (QED) is 0.396. The summed E-state index contributed by atoms with van der Waals surface area (Å²) in [7, 11) is -3.65. The Hall–Kier alpha value is -2.90. The molecule has 0 aliphatic rings. The van der Waals surface area contributed by atoms with Crippen LogP contribution in [-0.2, 0) is 10.0 Å². The van der Waals surface area contributed by atoms with E-state index in [1.807, 2.05) is 31.2 Å². The molecule has 0 atom stereocenters. The third-order valence-electron chi connectivity index (χ3n) is 4.43. The van der Waals surface area contributed by atoms with Gasteiger partial charge >= 0.3 is 0 Å². The van der Waals surface area contributed by atoms with Gasteiger partial charge < -0.3 is 4.42 Å². The number of benzene rings is 3. The average molecular weight is 469 g/mol. The third-order valence-corrected chi connectivity index (χ3v) is 6.36. The minimum absolute atomic E-state index is 0.195. The largest absolute Gasteiger partial charge is 0.444 e. The lowest BCUT2D eigenvalue weighted by Crippen LogP contribution is -2.12. The summed E-state index contributed by atoms with van der Waals surface area (Å²) in [6.45, 7) is 2.02. The summed E-state index contributed by atoms with van der Waals surface area (Å²) < 4.78 is 34.0. The van der Waals surface area contributed by atoms with E-state index in [4.69, 9.17) is 4.42 Å². The number of aromatic nitrogens is 1. The van der Waals surface area contributed by atoms with Crippen molar-refractivity contribution < 1.29 is 12.8 Å². The van der Waals surface area contributed by atoms with Gasteiger partial charge in [-0.1, -0.05) is 40.2 Å². The van der Waals surface area contributed by atoms with Crippen LogP contribution in [0.5, 0.6) is 0 Å². The molecular formula is C22H17BrN2O3S. The van der Waals surface area contributed by atoms with Gasteiger partial charge in [-0.3, -0.25) is 4.72 Å². The van der Waals surface area contributed by atoms with Crippen LogP contribution >= 0.6 is 15.9 Å². The number of anilines is 1. The molecule has 5 nitrogen and oxygen atoms in total. The van der Waals surface area contributed by atoms with E-state index in [0.29, 0.717) is 11.6 Å². The fourth-order valence-electron chi connectivity index (χ4n) is 2.90. The van der Waals surface area contributed by atoms with Crippen LogP contribution in [0.25, 0.3) is 22.7 Å². The number of hydrogen-bond donors (Lipinski definition) is 1. The lowest BCUT2D eigenvalue weighted by atomic mass is 10.1. The summed E-state index contributed by atoms with van der Waals surface area (Å²) in [5.74, 6) is 0.477. The molecule has 0 aliphatic carbocycles. The van der Waals surface area contributed by atoms with E-state index < -0.39 is 10.0 Å². The summed E-state index contributed by atoms with van der Waals surface area (Å²) in [5, 5.41) is 0. The zero-order valence-electron chi connectivity index (χ0n) is 15.5. The van der Waals surface area contributed by atoms with Crippen LogP contribution in [-0.4, -0.2) is 13.4 Å². The van der Waals surface area contributed by atoms with Crippen molar-refractivity contribution in [1.29, 1.82) is 0 Å². The van der Waals surface area contributed by atoms with Crippen LogP contribution in [0.1, 0.15) is 5.56 Å². The molecule has 1 heterocycles. The second-order valence-corrected chi connectivity index (χ2v) is 9.09. The molecule has 1 aromatic heterocycles. The highest BCUT2D eigenvalue weighted by Crippen LogP contribution is 2.28. The summed E-state index contributed by atoms with van der Waals surface area (Å²) >= 11 is 3.30. The third kappa shape index (κ3) is 4.26. The van der Waals surface area contributed by atoms with Gasteiger partial charge in [-0.05, 0) is 61.0 Å². The maximum absolute atomic E-state index is 12.5. The Bertz CT molecular complexity index is 1250. The molecule has 0 spiro atoms. The predicted molar refractivity (Wildman–Crippen MR) is 117 cm³/mol. The number of sulfonamides is 1. The zero-order valence-corrected chi connectivity index (χ0v) is 17.9. The lowest BCUT2D eigenvalue weighted by molar-refractivity contribution is 0.575. The van der Waals surface area contributed by atoms with Crippen molar-refractivity contribution in [2.45, 2.75) is 11.8 Å². The van der Waals surface area contributed by atoms with E-state index in [1.165, 1.54) is 0 Å². The van der Waals surface area contributed by atoms with Crippen LogP contribution in [0, 0.1) is 6.92 Å². The number of nitrogens with zero attached hydrogens (tertiary/aromatic N) is 1.